The topological polar surface area (TPSA) is 72.5 Å². The summed E-state index contributed by atoms with van der Waals surface area (Å²) in [6.07, 6.45) is 1.62. The van der Waals surface area contributed by atoms with Gasteiger partial charge in [-0.3, -0.25) is 9.78 Å². The summed E-state index contributed by atoms with van der Waals surface area (Å²) in [5.74, 6) is 1.02. The zero-order valence-electron chi connectivity index (χ0n) is 15.8. The number of ether oxygens (including phenoxy) is 2. The van der Waals surface area contributed by atoms with Crippen LogP contribution in [-0.2, 0) is 0 Å². The molecular formula is C22H21N3O3. The van der Waals surface area contributed by atoms with Gasteiger partial charge in [0.05, 0.1) is 0 Å². The zero-order valence-corrected chi connectivity index (χ0v) is 15.8. The number of benzene rings is 2. The van der Waals surface area contributed by atoms with Crippen molar-refractivity contribution in [1.29, 1.82) is 0 Å². The second-order valence-corrected chi connectivity index (χ2v) is 6.61. The minimum atomic E-state index is -0.290. The summed E-state index contributed by atoms with van der Waals surface area (Å²) in [6, 6.07) is 15.0. The van der Waals surface area contributed by atoms with Crippen LogP contribution in [0.15, 0.2) is 54.7 Å². The molecule has 0 unspecified atom stereocenters. The van der Waals surface area contributed by atoms with Crippen LogP contribution in [0.25, 0.3) is 0 Å². The number of amides is 1. The number of rotatable bonds is 4. The van der Waals surface area contributed by atoms with Crippen LogP contribution >= 0.6 is 0 Å². The molecule has 1 aliphatic rings. The highest BCUT2D eigenvalue weighted by Gasteiger charge is 2.14. The Bertz CT molecular complexity index is 1030. The second kappa shape index (κ2) is 7.60. The Labute approximate surface area is 163 Å². The molecule has 0 radical (unpaired) electrons. The first-order chi connectivity index (χ1) is 13.6. The predicted molar refractivity (Wildman–Crippen MR) is 109 cm³/mol. The molecule has 4 rings (SSSR count). The molecule has 0 saturated heterocycles. The number of anilines is 3. The van der Waals surface area contributed by atoms with E-state index in [0.29, 0.717) is 36.1 Å². The van der Waals surface area contributed by atoms with E-state index >= 15 is 0 Å². The molecule has 2 aromatic carbocycles. The first-order valence-electron chi connectivity index (χ1n) is 9.10. The molecule has 0 bridgehead atoms. The van der Waals surface area contributed by atoms with Crippen LogP contribution in [0.3, 0.4) is 0 Å². The molecule has 1 aliphatic heterocycles. The molecule has 2 heterocycles. The lowest BCUT2D eigenvalue weighted by molar-refractivity contribution is 0.102. The third-order valence-electron chi connectivity index (χ3n) is 4.68. The van der Waals surface area contributed by atoms with Gasteiger partial charge >= 0.3 is 0 Å². The van der Waals surface area contributed by atoms with E-state index < -0.39 is 0 Å². The molecule has 0 aliphatic carbocycles. The highest BCUT2D eigenvalue weighted by molar-refractivity contribution is 6.03. The Balaban J connectivity index is 1.51. The minimum Gasteiger partial charge on any atom is -0.486 e. The highest BCUT2D eigenvalue weighted by atomic mass is 16.6. The quantitative estimate of drug-likeness (QED) is 0.704. The van der Waals surface area contributed by atoms with Gasteiger partial charge in [-0.1, -0.05) is 12.1 Å². The van der Waals surface area contributed by atoms with E-state index in [-0.39, 0.29) is 5.91 Å². The number of aromatic nitrogens is 1. The van der Waals surface area contributed by atoms with Crippen LogP contribution in [0.5, 0.6) is 11.5 Å². The molecule has 0 atom stereocenters. The maximum absolute atomic E-state index is 12.6. The number of hydrogen-bond donors (Lipinski definition) is 2. The van der Waals surface area contributed by atoms with Gasteiger partial charge in [0.2, 0.25) is 0 Å². The number of aryl methyl sites for hydroxylation is 1. The molecule has 1 amide bonds. The Hall–Kier alpha value is -3.54. The van der Waals surface area contributed by atoms with E-state index in [1.165, 1.54) is 11.1 Å². The van der Waals surface area contributed by atoms with Gasteiger partial charge in [-0.05, 0) is 55.3 Å². The Morgan fingerprint density at radius 1 is 0.964 bits per heavy atom. The van der Waals surface area contributed by atoms with E-state index in [9.17, 15) is 4.79 Å². The van der Waals surface area contributed by atoms with Crippen LogP contribution in [0.1, 0.15) is 21.6 Å². The number of carbonyl (C=O) groups is 1. The number of nitrogens with zero attached hydrogens (tertiary/aromatic N) is 1. The number of nitrogens with one attached hydrogen (secondary N) is 2. The van der Waals surface area contributed by atoms with Crippen LogP contribution in [0.4, 0.5) is 17.1 Å². The summed E-state index contributed by atoms with van der Waals surface area (Å²) < 4.78 is 11.1. The van der Waals surface area contributed by atoms with Crippen molar-refractivity contribution in [2.45, 2.75) is 13.8 Å². The number of hydrogen-bond acceptors (Lipinski definition) is 5. The minimum absolute atomic E-state index is 0.290. The van der Waals surface area contributed by atoms with Crippen molar-refractivity contribution in [3.8, 4) is 11.5 Å². The smallest absolute Gasteiger partial charge is 0.274 e. The van der Waals surface area contributed by atoms with E-state index in [0.717, 1.165) is 11.4 Å². The fourth-order valence-electron chi connectivity index (χ4n) is 2.99. The lowest BCUT2D eigenvalue weighted by Crippen LogP contribution is -2.17. The summed E-state index contributed by atoms with van der Waals surface area (Å²) in [6.45, 7) is 5.16. The van der Waals surface area contributed by atoms with Gasteiger partial charge in [0.1, 0.15) is 18.9 Å². The van der Waals surface area contributed by atoms with Crippen LogP contribution < -0.4 is 20.1 Å². The third-order valence-corrected chi connectivity index (χ3v) is 4.68. The number of pyridine rings is 1. The van der Waals surface area contributed by atoms with Crippen LogP contribution in [-0.4, -0.2) is 24.1 Å². The molecular weight excluding hydrogens is 354 g/mol. The van der Waals surface area contributed by atoms with Crippen molar-refractivity contribution >= 4 is 23.0 Å². The Kier molecular flexibility index (Phi) is 4.85. The van der Waals surface area contributed by atoms with E-state index in [1.807, 2.05) is 18.2 Å². The fraction of sp³-hybridized carbons (Fsp3) is 0.182. The highest BCUT2D eigenvalue weighted by Crippen LogP contribution is 2.32. The standard InChI is InChI=1S/C22H21N3O3/c1-14-4-3-5-18(15(14)2)24-17-8-9-23-19(12-17)22(26)25-16-6-7-20-21(13-16)28-11-10-27-20/h3-9,12-13H,10-11H2,1-2H3,(H,23,24)(H,25,26). The molecule has 3 aromatic rings. The Morgan fingerprint density at radius 2 is 1.79 bits per heavy atom. The first kappa shape index (κ1) is 17.9. The maximum atomic E-state index is 12.6. The average molecular weight is 375 g/mol. The summed E-state index contributed by atoms with van der Waals surface area (Å²) in [7, 11) is 0. The molecule has 0 fully saturated rings. The predicted octanol–water partition coefficient (Wildman–Crippen LogP) is 4.47. The number of fused-ring (bicyclic) bond motifs is 1. The molecule has 6 nitrogen and oxygen atoms in total. The third kappa shape index (κ3) is 3.76. The van der Waals surface area contributed by atoms with Crippen molar-refractivity contribution in [2.75, 3.05) is 23.8 Å². The summed E-state index contributed by atoms with van der Waals surface area (Å²) >= 11 is 0. The normalized spacial score (nSPS) is 12.4. The lowest BCUT2D eigenvalue weighted by Gasteiger charge is -2.19. The Morgan fingerprint density at radius 3 is 2.64 bits per heavy atom. The van der Waals surface area contributed by atoms with Crippen LogP contribution in [0, 0.1) is 13.8 Å². The first-order valence-corrected chi connectivity index (χ1v) is 9.10. The number of carbonyl (C=O) groups excluding carboxylic acids is 1. The van der Waals surface area contributed by atoms with Gasteiger partial charge in [-0.25, -0.2) is 0 Å². The molecule has 28 heavy (non-hydrogen) atoms. The largest absolute Gasteiger partial charge is 0.486 e. The van der Waals surface area contributed by atoms with Gasteiger partial charge in [0.25, 0.3) is 5.91 Å². The summed E-state index contributed by atoms with van der Waals surface area (Å²) in [5, 5.41) is 6.21. The van der Waals surface area contributed by atoms with Gasteiger partial charge in [-0.15, -0.1) is 0 Å². The van der Waals surface area contributed by atoms with E-state index in [4.69, 9.17) is 9.47 Å². The lowest BCUT2D eigenvalue weighted by atomic mass is 10.1. The fourth-order valence-corrected chi connectivity index (χ4v) is 2.99. The van der Waals surface area contributed by atoms with Gasteiger partial charge in [-0.2, -0.15) is 0 Å². The van der Waals surface area contributed by atoms with Gasteiger partial charge < -0.3 is 20.1 Å². The van der Waals surface area contributed by atoms with Gasteiger partial charge in [0.15, 0.2) is 11.5 Å². The van der Waals surface area contributed by atoms with Crippen molar-refractivity contribution in [2.24, 2.45) is 0 Å². The molecule has 142 valence electrons. The van der Waals surface area contributed by atoms with Crippen molar-refractivity contribution < 1.29 is 14.3 Å². The molecule has 2 N–H and O–H groups in total. The summed E-state index contributed by atoms with van der Waals surface area (Å²) in [5.41, 5.74) is 5.13. The SMILES string of the molecule is Cc1cccc(Nc2ccnc(C(=O)Nc3ccc4c(c3)OCCO4)c2)c1C. The van der Waals surface area contributed by atoms with Crippen molar-refractivity contribution in [1.82, 2.24) is 4.98 Å². The van der Waals surface area contributed by atoms with Crippen LogP contribution in [0.2, 0.25) is 0 Å². The second-order valence-electron chi connectivity index (χ2n) is 6.61. The van der Waals surface area contributed by atoms with Gasteiger partial charge in [0, 0.05) is 29.3 Å². The monoisotopic (exact) mass is 375 g/mol. The van der Waals surface area contributed by atoms with E-state index in [1.54, 1.807) is 30.5 Å². The van der Waals surface area contributed by atoms with E-state index in [2.05, 4.69) is 35.5 Å². The summed E-state index contributed by atoms with van der Waals surface area (Å²) in [4.78, 5) is 16.8. The van der Waals surface area contributed by atoms with Crippen molar-refractivity contribution in [3.63, 3.8) is 0 Å². The molecule has 0 saturated carbocycles. The maximum Gasteiger partial charge on any atom is 0.274 e. The molecule has 6 heteroatoms. The van der Waals surface area contributed by atoms with Crippen molar-refractivity contribution in [3.05, 3.63) is 71.5 Å². The zero-order chi connectivity index (χ0) is 19.5. The molecule has 0 spiro atoms. The molecule has 1 aromatic heterocycles. The average Bonchev–Trinajstić information content (AvgIpc) is 2.71.